The molecule has 1 rings (SSSR count). The Hall–Kier alpha value is -3.16. The molecule has 0 aromatic carbocycles. The molecule has 9 N–H and O–H groups in total. The van der Waals surface area contributed by atoms with Crippen molar-refractivity contribution in [2.24, 2.45) is 0 Å². The molecule has 0 saturated heterocycles. The van der Waals surface area contributed by atoms with E-state index in [0.29, 0.717) is 12.8 Å². The molecule has 0 heterocycles. The van der Waals surface area contributed by atoms with Crippen molar-refractivity contribution in [1.29, 1.82) is 0 Å². The fourth-order valence-electron chi connectivity index (χ4n) is 6.94. The third kappa shape index (κ3) is 34.8. The highest BCUT2D eigenvalue weighted by Crippen LogP contribution is 2.49. The van der Waals surface area contributed by atoms with Crippen molar-refractivity contribution in [3.63, 3.8) is 0 Å². The molecule has 0 spiro atoms. The summed E-state index contributed by atoms with van der Waals surface area (Å²) < 4.78 is 49.3. The summed E-state index contributed by atoms with van der Waals surface area (Å²) in [6.45, 7) is 2.69. The summed E-state index contributed by atoms with van der Waals surface area (Å²) >= 11 is 0. The number of hydrogen-bond acceptors (Lipinski definition) is 15. The second-order valence-electron chi connectivity index (χ2n) is 17.2. The molecule has 1 saturated carbocycles. The third-order valence-corrected chi connectivity index (χ3v) is 12.4. The van der Waals surface area contributed by atoms with Crippen molar-refractivity contribution in [1.82, 2.24) is 0 Å². The topological polar surface area (TPSA) is 296 Å². The summed E-state index contributed by atoms with van der Waals surface area (Å²) in [5, 5.41) is 61.6. The Morgan fingerprint density at radius 1 is 0.535 bits per heavy atom. The second-order valence-corrected chi connectivity index (χ2v) is 19.8. The first kappa shape index (κ1) is 65.9. The predicted octanol–water partition coefficient (Wildman–Crippen LogP) is 7.89. The SMILES string of the molecule is CC/C=C\C/C=C\C/C=C\C/C=C\CCCCCCCCC(=O)OC[C@H](COP(=O)(O)O[C@H]1C(O)C(O)C(O)[C@@H](OP(=O)(O)O)C1O)OC(=O)CCC[C@H](O)/C=C/C=C\C/C=C\C=C\[C@H](O)CCCCC. The highest BCUT2D eigenvalue weighted by Gasteiger charge is 2.54. The van der Waals surface area contributed by atoms with Gasteiger partial charge in [0, 0.05) is 12.8 Å². The number of aliphatic hydroxyl groups excluding tert-OH is 6. The molecular weight excluding hydrogens is 962 g/mol. The highest BCUT2D eigenvalue weighted by molar-refractivity contribution is 7.47. The van der Waals surface area contributed by atoms with Crippen LogP contribution in [0.2, 0.25) is 0 Å². The van der Waals surface area contributed by atoms with Crippen molar-refractivity contribution in [3.8, 4) is 0 Å². The Kier molecular flexibility index (Phi) is 37.3. The predicted molar refractivity (Wildman–Crippen MR) is 271 cm³/mol. The number of aliphatic hydroxyl groups is 6. The van der Waals surface area contributed by atoms with Crippen LogP contribution in [0, 0.1) is 0 Å². The van der Waals surface area contributed by atoms with Crippen LogP contribution in [0.1, 0.15) is 142 Å². The molecule has 1 aliphatic rings. The van der Waals surface area contributed by atoms with Gasteiger partial charge in [0.1, 0.15) is 43.2 Å². The van der Waals surface area contributed by atoms with Gasteiger partial charge in [0.05, 0.1) is 18.8 Å². The second kappa shape index (κ2) is 40.3. The van der Waals surface area contributed by atoms with E-state index in [2.05, 4.69) is 67.0 Å². The fourth-order valence-corrected chi connectivity index (χ4v) is 8.47. The summed E-state index contributed by atoms with van der Waals surface area (Å²) in [6, 6.07) is 0. The fraction of sp³-hybridized carbons (Fsp3) is 0.647. The number of ether oxygens (including phenoxy) is 2. The van der Waals surface area contributed by atoms with E-state index in [1.54, 1.807) is 30.4 Å². The number of phosphoric ester groups is 2. The van der Waals surface area contributed by atoms with Crippen molar-refractivity contribution in [3.05, 3.63) is 97.2 Å². The van der Waals surface area contributed by atoms with Crippen LogP contribution >= 0.6 is 15.6 Å². The van der Waals surface area contributed by atoms with Gasteiger partial charge in [0.25, 0.3) is 0 Å². The Balaban J connectivity index is 2.68. The number of hydrogen-bond donors (Lipinski definition) is 9. The molecule has 71 heavy (non-hydrogen) atoms. The molecule has 0 bridgehead atoms. The summed E-state index contributed by atoms with van der Waals surface area (Å²) in [6.07, 6.45) is 29.8. The van der Waals surface area contributed by atoms with E-state index < -0.39 is 95.7 Å². The van der Waals surface area contributed by atoms with E-state index in [0.717, 1.165) is 89.9 Å². The Labute approximate surface area is 421 Å². The zero-order chi connectivity index (χ0) is 52.8. The van der Waals surface area contributed by atoms with Crippen molar-refractivity contribution in [2.75, 3.05) is 13.2 Å². The van der Waals surface area contributed by atoms with Crippen molar-refractivity contribution >= 4 is 27.6 Å². The van der Waals surface area contributed by atoms with E-state index in [9.17, 15) is 64.0 Å². The van der Waals surface area contributed by atoms with Gasteiger partial charge < -0.3 is 54.8 Å². The van der Waals surface area contributed by atoms with Crippen LogP contribution in [0.25, 0.3) is 0 Å². The maximum absolute atomic E-state index is 13.0. The average molecular weight is 1050 g/mol. The summed E-state index contributed by atoms with van der Waals surface area (Å²) in [4.78, 5) is 54.4. The van der Waals surface area contributed by atoms with Crippen LogP contribution in [-0.4, -0.2) is 125 Å². The lowest BCUT2D eigenvalue weighted by atomic mass is 9.85. The molecule has 18 nitrogen and oxygen atoms in total. The number of esters is 2. The van der Waals surface area contributed by atoms with Gasteiger partial charge in [-0.15, -0.1) is 0 Å². The van der Waals surface area contributed by atoms with Gasteiger partial charge in [-0.1, -0.05) is 156 Å². The molecule has 10 atom stereocenters. The monoisotopic (exact) mass is 1050 g/mol. The third-order valence-electron chi connectivity index (χ3n) is 10.8. The number of unbranched alkanes of at least 4 members (excludes halogenated alkanes) is 8. The quantitative estimate of drug-likeness (QED) is 0.00926. The van der Waals surface area contributed by atoms with Gasteiger partial charge in [-0.2, -0.15) is 0 Å². The Bertz CT molecular complexity index is 1770. The van der Waals surface area contributed by atoms with Crippen LogP contribution < -0.4 is 0 Å². The average Bonchev–Trinajstić information content (AvgIpc) is 3.32. The highest BCUT2D eigenvalue weighted by atomic mass is 31.2. The van der Waals surface area contributed by atoms with Crippen LogP contribution in [0.3, 0.4) is 0 Å². The van der Waals surface area contributed by atoms with Crippen molar-refractivity contribution in [2.45, 2.75) is 197 Å². The minimum atomic E-state index is -5.40. The van der Waals surface area contributed by atoms with E-state index in [1.165, 1.54) is 0 Å². The minimum absolute atomic E-state index is 0.0491. The lowest BCUT2D eigenvalue weighted by Gasteiger charge is -2.43. The van der Waals surface area contributed by atoms with Crippen molar-refractivity contribution < 1.29 is 87.1 Å². The molecule has 0 aromatic heterocycles. The zero-order valence-electron chi connectivity index (χ0n) is 41.6. The van der Waals surface area contributed by atoms with Gasteiger partial charge in [0.2, 0.25) is 0 Å². The lowest BCUT2D eigenvalue weighted by Crippen LogP contribution is -2.64. The maximum atomic E-state index is 13.0. The first-order chi connectivity index (χ1) is 33.9. The molecule has 5 unspecified atom stereocenters. The van der Waals surface area contributed by atoms with E-state index >= 15 is 0 Å². The van der Waals surface area contributed by atoms with E-state index in [1.807, 2.05) is 18.2 Å². The van der Waals surface area contributed by atoms with Gasteiger partial charge in [-0.05, 0) is 70.6 Å². The minimum Gasteiger partial charge on any atom is -0.462 e. The number of rotatable bonds is 40. The molecule has 0 radical (unpaired) electrons. The first-order valence-electron chi connectivity index (χ1n) is 25.0. The largest absolute Gasteiger partial charge is 0.472 e. The van der Waals surface area contributed by atoms with Crippen LogP contribution in [-0.2, 0) is 41.8 Å². The number of allylic oxidation sites excluding steroid dienone is 14. The van der Waals surface area contributed by atoms with Gasteiger partial charge in [0.15, 0.2) is 6.10 Å². The van der Waals surface area contributed by atoms with Gasteiger partial charge in [-0.25, -0.2) is 9.13 Å². The molecule has 20 heteroatoms. The molecule has 0 aliphatic heterocycles. The molecular formula is C51H84O18P2. The summed E-state index contributed by atoms with van der Waals surface area (Å²) in [7, 11) is -10.8. The maximum Gasteiger partial charge on any atom is 0.472 e. The molecule has 1 fully saturated rings. The number of phosphoric acid groups is 2. The Morgan fingerprint density at radius 2 is 1.04 bits per heavy atom. The zero-order valence-corrected chi connectivity index (χ0v) is 43.4. The molecule has 1 aliphatic carbocycles. The van der Waals surface area contributed by atoms with Gasteiger partial charge >= 0.3 is 27.6 Å². The summed E-state index contributed by atoms with van der Waals surface area (Å²) in [5.74, 6) is -1.46. The normalized spacial score (nSPS) is 22.6. The lowest BCUT2D eigenvalue weighted by molar-refractivity contribution is -0.216. The number of carbonyl (C=O) groups is 2. The van der Waals surface area contributed by atoms with E-state index in [4.69, 9.17) is 18.5 Å². The first-order valence-corrected chi connectivity index (χ1v) is 28.0. The van der Waals surface area contributed by atoms with E-state index in [-0.39, 0.29) is 25.7 Å². The Morgan fingerprint density at radius 3 is 1.62 bits per heavy atom. The van der Waals surface area contributed by atoms with Crippen LogP contribution in [0.5, 0.6) is 0 Å². The van der Waals surface area contributed by atoms with Gasteiger partial charge in [-0.3, -0.25) is 23.2 Å². The smallest absolute Gasteiger partial charge is 0.462 e. The standard InChI is InChI=1S/C51H84O18P2/c1-3-5-7-8-9-10-11-12-13-14-15-16-17-18-19-20-24-27-31-37-44(54)65-39-43(40-66-71(63,64)69-51-48(58)46(56)47(57)50(49(51)59)68-70(60,61)62)67-45(55)38-32-36-42(53)35-30-26-23-21-22-25-29-34-41(52)33-28-6-4-2/h5,7,9-10,12-13,15-16,22-23,25-26,29-30,34-35,41-43,46-53,56-59H,3-4,6,8,11,14,17-21,24,27-28,31-33,36-40H2,1-2H3,(H,63,64)(H2,60,61,62)/b7-5-,10-9-,13-12-,16-15-,25-22-,26-23-,34-29+,35-30+/t41-,42-,43-,46?,47?,48?,49?,50-,51+/m1/s1. The summed E-state index contributed by atoms with van der Waals surface area (Å²) in [5.41, 5.74) is 0. The number of carbonyl (C=O) groups excluding carboxylic acids is 2. The molecule has 0 aromatic rings. The molecule has 0 amide bonds. The van der Waals surface area contributed by atoms with Crippen LogP contribution in [0.4, 0.5) is 0 Å². The van der Waals surface area contributed by atoms with Crippen LogP contribution in [0.15, 0.2) is 97.2 Å². The molecule has 406 valence electrons.